The van der Waals surface area contributed by atoms with Gasteiger partial charge in [0.2, 0.25) is 0 Å². The average molecular weight is 280 g/mol. The van der Waals surface area contributed by atoms with Gasteiger partial charge in [0.1, 0.15) is 16.5 Å². The number of hydrogen-bond donors (Lipinski definition) is 1. The maximum atomic E-state index is 12.2. The van der Waals surface area contributed by atoms with E-state index in [9.17, 15) is 4.79 Å². The van der Waals surface area contributed by atoms with Crippen molar-refractivity contribution in [3.63, 3.8) is 0 Å². The molecule has 1 aliphatic rings. The van der Waals surface area contributed by atoms with E-state index in [1.807, 2.05) is 6.92 Å². The lowest BCUT2D eigenvalue weighted by Crippen LogP contribution is -2.27. The molecule has 0 aliphatic carbocycles. The Labute approximate surface area is 114 Å². The van der Waals surface area contributed by atoms with Crippen molar-refractivity contribution < 1.29 is 0 Å². The predicted octanol–water partition coefficient (Wildman–Crippen LogP) is 0.713. The molecule has 0 unspecified atom stereocenters. The third-order valence-electron chi connectivity index (χ3n) is 3.22. The molecule has 0 bridgehead atoms. The second kappa shape index (κ2) is 5.12. The van der Waals surface area contributed by atoms with Crippen molar-refractivity contribution >= 4 is 16.5 Å². The minimum Gasteiger partial charge on any atom is -0.374 e. The second-order valence-electron chi connectivity index (χ2n) is 4.54. The maximum Gasteiger partial charge on any atom is 0.346 e. The van der Waals surface area contributed by atoms with Crippen LogP contribution in [0.2, 0.25) is 0 Å². The Morgan fingerprint density at radius 2 is 2.32 bits per heavy atom. The largest absolute Gasteiger partial charge is 0.374 e. The number of hydrogen-bond acceptors (Lipinski definition) is 6. The monoisotopic (exact) mass is 280 g/mol. The van der Waals surface area contributed by atoms with Gasteiger partial charge in [-0.3, -0.25) is 4.57 Å². The second-order valence-corrected chi connectivity index (χ2v) is 5.30. The molecule has 0 saturated carbocycles. The van der Waals surface area contributed by atoms with Gasteiger partial charge < -0.3 is 5.32 Å². The Balaban J connectivity index is 1.89. The topological polar surface area (TPSA) is 77.6 Å². The maximum absolute atomic E-state index is 12.2. The van der Waals surface area contributed by atoms with Gasteiger partial charge in [-0.2, -0.15) is 5.10 Å². The van der Waals surface area contributed by atoms with Crippen molar-refractivity contribution in [2.24, 2.45) is 0 Å². The van der Waals surface area contributed by atoms with Gasteiger partial charge in [0.05, 0.1) is 6.54 Å². The molecule has 0 radical (unpaired) electrons. The van der Waals surface area contributed by atoms with Crippen LogP contribution in [0, 0.1) is 0 Å². The summed E-state index contributed by atoms with van der Waals surface area (Å²) < 4.78 is 7.20. The molecule has 2 aromatic rings. The van der Waals surface area contributed by atoms with Crippen molar-refractivity contribution in [3.05, 3.63) is 22.0 Å². The summed E-state index contributed by atoms with van der Waals surface area (Å²) in [6.45, 7) is 4.00. The van der Waals surface area contributed by atoms with E-state index in [0.29, 0.717) is 6.54 Å². The summed E-state index contributed by atoms with van der Waals surface area (Å²) in [6, 6.07) is 0. The summed E-state index contributed by atoms with van der Waals surface area (Å²) in [5, 5.41) is 12.6. The normalized spacial score (nSPS) is 14.4. The quantitative estimate of drug-likeness (QED) is 0.892. The highest BCUT2D eigenvalue weighted by Crippen LogP contribution is 2.18. The first-order chi connectivity index (χ1) is 9.29. The fraction of sp³-hybridized carbons (Fsp3) is 0.636. The Bertz CT molecular complexity index is 627. The van der Waals surface area contributed by atoms with Crippen LogP contribution in [0.25, 0.3) is 0 Å². The first-order valence-corrected chi connectivity index (χ1v) is 7.28. The molecule has 1 N–H and O–H groups in total. The van der Waals surface area contributed by atoms with E-state index in [-0.39, 0.29) is 5.69 Å². The first-order valence-electron chi connectivity index (χ1n) is 6.51. The summed E-state index contributed by atoms with van der Waals surface area (Å²) >= 11 is 1.31. The number of fused-ring (bicyclic) bond motifs is 1. The van der Waals surface area contributed by atoms with E-state index in [1.54, 1.807) is 4.57 Å². The van der Waals surface area contributed by atoms with Gasteiger partial charge in [0, 0.05) is 31.0 Å². The zero-order chi connectivity index (χ0) is 13.2. The average Bonchev–Trinajstić information content (AvgIpc) is 2.98. The highest BCUT2D eigenvalue weighted by Gasteiger charge is 2.18. The van der Waals surface area contributed by atoms with E-state index < -0.39 is 0 Å². The lowest BCUT2D eigenvalue weighted by Gasteiger charge is -2.09. The van der Waals surface area contributed by atoms with Crippen LogP contribution < -0.4 is 11.0 Å². The van der Waals surface area contributed by atoms with E-state index in [2.05, 4.69) is 20.0 Å². The van der Waals surface area contributed by atoms with Crippen LogP contribution in [-0.2, 0) is 19.5 Å². The number of aromatic nitrogens is 5. The molecule has 102 valence electrons. The minimum atomic E-state index is -0.0369. The zero-order valence-corrected chi connectivity index (χ0v) is 11.6. The van der Waals surface area contributed by atoms with E-state index in [0.717, 1.165) is 48.9 Å². The van der Waals surface area contributed by atoms with Gasteiger partial charge in [-0.15, -0.1) is 5.10 Å². The molecular formula is C11H16N6OS. The fourth-order valence-electron chi connectivity index (χ4n) is 2.30. The zero-order valence-electron chi connectivity index (χ0n) is 10.8. The van der Waals surface area contributed by atoms with Crippen LogP contribution in [0.3, 0.4) is 0 Å². The predicted molar refractivity (Wildman–Crippen MR) is 72.6 cm³/mol. The van der Waals surface area contributed by atoms with Gasteiger partial charge >= 0.3 is 5.69 Å². The van der Waals surface area contributed by atoms with Crippen LogP contribution >= 0.6 is 11.5 Å². The molecule has 8 heteroatoms. The molecule has 2 aromatic heterocycles. The molecule has 3 rings (SSSR count). The number of nitrogens with one attached hydrogen (secondary N) is 1. The number of rotatable bonds is 4. The summed E-state index contributed by atoms with van der Waals surface area (Å²) in [6.07, 6.45) is 3.05. The molecular weight excluding hydrogens is 264 g/mol. The van der Waals surface area contributed by atoms with E-state index >= 15 is 0 Å². The number of nitrogens with zero attached hydrogens (tertiary/aromatic N) is 5. The molecule has 0 fully saturated rings. The molecule has 0 saturated heterocycles. The van der Waals surface area contributed by atoms with Gasteiger partial charge in [0.15, 0.2) is 0 Å². The van der Waals surface area contributed by atoms with Crippen molar-refractivity contribution in [2.45, 2.75) is 39.3 Å². The van der Waals surface area contributed by atoms with Gasteiger partial charge in [-0.1, -0.05) is 4.49 Å². The molecule has 1 aliphatic heterocycles. The molecule has 3 heterocycles. The van der Waals surface area contributed by atoms with Gasteiger partial charge in [0.25, 0.3) is 0 Å². The number of aryl methyl sites for hydroxylation is 1. The lowest BCUT2D eigenvalue weighted by molar-refractivity contribution is 0.511. The van der Waals surface area contributed by atoms with Crippen molar-refractivity contribution in [1.82, 2.24) is 23.9 Å². The van der Waals surface area contributed by atoms with Crippen LogP contribution in [0.5, 0.6) is 0 Å². The van der Waals surface area contributed by atoms with E-state index in [4.69, 9.17) is 0 Å². The summed E-state index contributed by atoms with van der Waals surface area (Å²) in [4.78, 5) is 12.2. The SMILES string of the molecule is CCNc1snnc1Cn1nc2n(c1=O)CCCC2. The molecule has 0 amide bonds. The van der Waals surface area contributed by atoms with Crippen LogP contribution in [0.1, 0.15) is 31.3 Å². The molecule has 0 aromatic carbocycles. The molecule has 0 spiro atoms. The Morgan fingerprint density at radius 3 is 3.11 bits per heavy atom. The molecule has 7 nitrogen and oxygen atoms in total. The summed E-state index contributed by atoms with van der Waals surface area (Å²) in [5.74, 6) is 0.893. The molecule has 19 heavy (non-hydrogen) atoms. The molecule has 0 atom stereocenters. The van der Waals surface area contributed by atoms with Crippen LogP contribution in [0.15, 0.2) is 4.79 Å². The highest BCUT2D eigenvalue weighted by molar-refractivity contribution is 7.10. The van der Waals surface area contributed by atoms with Crippen molar-refractivity contribution in [3.8, 4) is 0 Å². The standard InChI is InChI=1S/C11H16N6OS/c1-2-12-10-8(13-15-19-10)7-17-11(18)16-6-4-3-5-9(16)14-17/h12H,2-7H2,1H3. The van der Waals surface area contributed by atoms with Crippen molar-refractivity contribution in [2.75, 3.05) is 11.9 Å². The number of anilines is 1. The first kappa shape index (κ1) is 12.3. The summed E-state index contributed by atoms with van der Waals surface area (Å²) in [5.41, 5.74) is 0.745. The Morgan fingerprint density at radius 1 is 1.42 bits per heavy atom. The van der Waals surface area contributed by atoms with Crippen LogP contribution in [0.4, 0.5) is 5.00 Å². The summed E-state index contributed by atoms with van der Waals surface area (Å²) in [7, 11) is 0. The smallest absolute Gasteiger partial charge is 0.346 e. The third-order valence-corrected chi connectivity index (χ3v) is 3.95. The highest BCUT2D eigenvalue weighted by atomic mass is 32.1. The Kier molecular flexibility index (Phi) is 3.33. The lowest BCUT2D eigenvalue weighted by atomic mass is 10.2. The Hall–Kier alpha value is -1.70. The van der Waals surface area contributed by atoms with Gasteiger partial charge in [-0.25, -0.2) is 9.48 Å². The van der Waals surface area contributed by atoms with Crippen LogP contribution in [-0.4, -0.2) is 30.5 Å². The minimum absolute atomic E-state index is 0.0369. The fourth-order valence-corrected chi connectivity index (χ4v) is 2.94. The van der Waals surface area contributed by atoms with Gasteiger partial charge in [-0.05, 0) is 19.8 Å². The van der Waals surface area contributed by atoms with E-state index in [1.165, 1.54) is 16.2 Å². The third kappa shape index (κ3) is 2.27. The van der Waals surface area contributed by atoms with Crippen molar-refractivity contribution in [1.29, 1.82) is 0 Å².